The van der Waals surface area contributed by atoms with Gasteiger partial charge in [0.25, 0.3) is 0 Å². The van der Waals surface area contributed by atoms with Crippen LogP contribution < -0.4 is 15.9 Å². The number of likely N-dealkylation sites (tertiary alicyclic amines) is 1. The van der Waals surface area contributed by atoms with E-state index in [1.54, 1.807) is 11.6 Å². The summed E-state index contributed by atoms with van der Waals surface area (Å²) in [5.74, 6) is 1.49. The van der Waals surface area contributed by atoms with Crippen molar-refractivity contribution in [3.05, 3.63) is 34.7 Å². The second-order valence-corrected chi connectivity index (χ2v) is 7.00. The number of hydrogen-bond acceptors (Lipinski definition) is 7. The number of ether oxygens (including phenoxy) is 1. The molecule has 3 rings (SSSR count). The maximum absolute atomic E-state index is 5.92. The summed E-state index contributed by atoms with van der Waals surface area (Å²) in [6, 6.07) is 6.23. The van der Waals surface area contributed by atoms with Crippen LogP contribution in [0.4, 0.5) is 10.9 Å². The van der Waals surface area contributed by atoms with Gasteiger partial charge in [0.2, 0.25) is 5.13 Å². The molecule has 2 aromatic rings. The third kappa shape index (κ3) is 5.17. The molecule has 25 heavy (non-hydrogen) atoms. The van der Waals surface area contributed by atoms with Crippen LogP contribution in [0.5, 0.6) is 5.75 Å². The van der Waals surface area contributed by atoms with Crippen molar-refractivity contribution in [2.45, 2.75) is 32.7 Å². The van der Waals surface area contributed by atoms with E-state index < -0.39 is 0 Å². The van der Waals surface area contributed by atoms with Gasteiger partial charge in [-0.1, -0.05) is 6.92 Å². The topological polar surface area (TPSA) is 75.8 Å². The van der Waals surface area contributed by atoms with Crippen molar-refractivity contribution in [1.29, 1.82) is 0 Å². The minimum absolute atomic E-state index is 0.507. The predicted molar refractivity (Wildman–Crippen MR) is 104 cm³/mol. The lowest BCUT2D eigenvalue weighted by molar-refractivity contribution is 0.293. The minimum Gasteiger partial charge on any atom is -0.493 e. The number of nitrogen functional groups attached to an aromatic ring is 1. The summed E-state index contributed by atoms with van der Waals surface area (Å²) in [4.78, 5) is 6.60. The van der Waals surface area contributed by atoms with Crippen molar-refractivity contribution < 1.29 is 4.74 Å². The summed E-state index contributed by atoms with van der Waals surface area (Å²) < 4.78 is 5.92. The first-order valence-electron chi connectivity index (χ1n) is 8.73. The van der Waals surface area contributed by atoms with Gasteiger partial charge >= 0.3 is 0 Å². The van der Waals surface area contributed by atoms with E-state index in [0.29, 0.717) is 10.9 Å². The van der Waals surface area contributed by atoms with Gasteiger partial charge in [-0.15, -0.1) is 11.3 Å². The molecule has 0 unspecified atom stereocenters. The molecule has 0 radical (unpaired) electrons. The molecule has 0 atom stereocenters. The van der Waals surface area contributed by atoms with Gasteiger partial charge in [0.05, 0.1) is 12.8 Å². The molecule has 2 heterocycles. The first-order valence-corrected chi connectivity index (χ1v) is 9.60. The van der Waals surface area contributed by atoms with Gasteiger partial charge in [0.15, 0.2) is 0 Å². The molecule has 1 aliphatic rings. The van der Waals surface area contributed by atoms with Gasteiger partial charge in [-0.3, -0.25) is 10.3 Å². The van der Waals surface area contributed by atoms with Crippen LogP contribution in [0.1, 0.15) is 37.3 Å². The highest BCUT2D eigenvalue weighted by Crippen LogP contribution is 2.24. The van der Waals surface area contributed by atoms with E-state index >= 15 is 0 Å². The van der Waals surface area contributed by atoms with Gasteiger partial charge in [-0.05, 0) is 56.1 Å². The Balaban J connectivity index is 1.70. The summed E-state index contributed by atoms with van der Waals surface area (Å²) in [6.45, 7) is 6.12. The molecular formula is C18H25N5OS. The number of hydrazone groups is 1. The number of anilines is 2. The van der Waals surface area contributed by atoms with Crippen LogP contribution in [0.25, 0.3) is 0 Å². The lowest BCUT2D eigenvalue weighted by atomic mass is 10.1. The second kappa shape index (κ2) is 8.82. The molecule has 0 bridgehead atoms. The highest BCUT2D eigenvalue weighted by molar-refractivity contribution is 7.14. The number of hydrogen-bond donors (Lipinski definition) is 2. The van der Waals surface area contributed by atoms with Crippen LogP contribution in [0.15, 0.2) is 28.7 Å². The molecule has 3 N–H and O–H groups in total. The van der Waals surface area contributed by atoms with Crippen molar-refractivity contribution in [3.8, 4) is 5.75 Å². The Morgan fingerprint density at radius 3 is 2.96 bits per heavy atom. The highest BCUT2D eigenvalue weighted by Gasteiger charge is 2.14. The minimum atomic E-state index is 0.507. The standard InChI is InChI=1S/C18H25N5OS/c1-2-9-24-16-6-5-14(10-15(16)12-23-7-3-4-8-23)11-20-22-18-21-17(19)13-25-18/h5-6,10-11,13H,2-4,7-9,12,19H2,1H3,(H,21,22). The van der Waals surface area contributed by atoms with E-state index in [1.165, 1.54) is 42.8 Å². The van der Waals surface area contributed by atoms with Crippen molar-refractivity contribution in [2.24, 2.45) is 5.10 Å². The number of aromatic nitrogens is 1. The Morgan fingerprint density at radius 2 is 2.24 bits per heavy atom. The zero-order valence-corrected chi connectivity index (χ0v) is 15.4. The third-order valence-electron chi connectivity index (χ3n) is 4.03. The molecular weight excluding hydrogens is 334 g/mol. The zero-order valence-electron chi connectivity index (χ0n) is 14.6. The van der Waals surface area contributed by atoms with Crippen molar-refractivity contribution in [2.75, 3.05) is 30.9 Å². The van der Waals surface area contributed by atoms with Crippen molar-refractivity contribution >= 4 is 28.5 Å². The maximum Gasteiger partial charge on any atom is 0.205 e. The summed E-state index contributed by atoms with van der Waals surface area (Å²) in [5.41, 5.74) is 10.8. The summed E-state index contributed by atoms with van der Waals surface area (Å²) >= 11 is 1.43. The van der Waals surface area contributed by atoms with Gasteiger partial charge < -0.3 is 10.5 Å². The molecule has 1 aliphatic heterocycles. The van der Waals surface area contributed by atoms with E-state index in [-0.39, 0.29) is 0 Å². The molecule has 0 spiro atoms. The average Bonchev–Trinajstić information content (AvgIpc) is 3.26. The fourth-order valence-electron chi connectivity index (χ4n) is 2.84. The Hall–Kier alpha value is -2.12. The molecule has 134 valence electrons. The summed E-state index contributed by atoms with van der Waals surface area (Å²) in [7, 11) is 0. The van der Waals surface area contributed by atoms with Crippen molar-refractivity contribution in [1.82, 2.24) is 9.88 Å². The first kappa shape index (κ1) is 17.7. The van der Waals surface area contributed by atoms with Gasteiger partial charge in [-0.25, -0.2) is 4.98 Å². The van der Waals surface area contributed by atoms with Crippen LogP contribution >= 0.6 is 11.3 Å². The summed E-state index contributed by atoms with van der Waals surface area (Å²) in [6.07, 6.45) is 5.38. The maximum atomic E-state index is 5.92. The van der Waals surface area contributed by atoms with E-state index in [1.807, 2.05) is 12.1 Å². The smallest absolute Gasteiger partial charge is 0.205 e. The predicted octanol–water partition coefficient (Wildman–Crippen LogP) is 3.56. The lowest BCUT2D eigenvalue weighted by Crippen LogP contribution is -2.19. The quantitative estimate of drug-likeness (QED) is 0.557. The number of nitrogens with one attached hydrogen (secondary N) is 1. The number of thiazole rings is 1. The molecule has 0 saturated carbocycles. The molecule has 6 nitrogen and oxygen atoms in total. The van der Waals surface area contributed by atoms with E-state index in [4.69, 9.17) is 10.5 Å². The molecule has 1 saturated heterocycles. The molecule has 7 heteroatoms. The van der Waals surface area contributed by atoms with Crippen LogP contribution in [-0.2, 0) is 6.54 Å². The van der Waals surface area contributed by atoms with Gasteiger partial charge in [0.1, 0.15) is 11.6 Å². The van der Waals surface area contributed by atoms with E-state index in [0.717, 1.165) is 30.9 Å². The van der Waals surface area contributed by atoms with E-state index in [2.05, 4.69) is 33.4 Å². The number of nitrogens with two attached hydrogens (primary N) is 1. The Kier molecular flexibility index (Phi) is 6.25. The van der Waals surface area contributed by atoms with Crippen LogP contribution in [-0.4, -0.2) is 35.8 Å². The van der Waals surface area contributed by atoms with Gasteiger partial charge in [-0.2, -0.15) is 5.10 Å². The highest BCUT2D eigenvalue weighted by atomic mass is 32.1. The molecule has 1 aromatic heterocycles. The first-order chi connectivity index (χ1) is 12.2. The number of nitrogens with zero attached hydrogens (tertiary/aromatic N) is 3. The van der Waals surface area contributed by atoms with Crippen LogP contribution in [0.3, 0.4) is 0 Å². The summed E-state index contributed by atoms with van der Waals surface area (Å²) in [5, 5.41) is 6.73. The second-order valence-electron chi connectivity index (χ2n) is 6.15. The lowest BCUT2D eigenvalue weighted by Gasteiger charge is -2.18. The van der Waals surface area contributed by atoms with Gasteiger partial charge in [0, 0.05) is 17.5 Å². The van der Waals surface area contributed by atoms with E-state index in [9.17, 15) is 0 Å². The molecule has 1 fully saturated rings. The average molecular weight is 359 g/mol. The third-order valence-corrected chi connectivity index (χ3v) is 4.80. The van der Waals surface area contributed by atoms with Crippen LogP contribution in [0, 0.1) is 0 Å². The number of rotatable bonds is 8. The Morgan fingerprint density at radius 1 is 1.40 bits per heavy atom. The normalized spacial score (nSPS) is 15.1. The Labute approximate surface area is 152 Å². The fourth-order valence-corrected chi connectivity index (χ4v) is 3.39. The Bertz CT molecular complexity index is 709. The van der Waals surface area contributed by atoms with Crippen molar-refractivity contribution in [3.63, 3.8) is 0 Å². The van der Waals surface area contributed by atoms with Crippen LogP contribution in [0.2, 0.25) is 0 Å². The SMILES string of the molecule is CCCOc1ccc(C=NNc2nc(N)cs2)cc1CN1CCCC1. The number of benzene rings is 1. The molecule has 1 aromatic carbocycles. The molecule has 0 aliphatic carbocycles. The fraction of sp³-hybridized carbons (Fsp3) is 0.444. The largest absolute Gasteiger partial charge is 0.493 e. The molecule has 0 amide bonds. The zero-order chi connectivity index (χ0) is 17.5. The monoisotopic (exact) mass is 359 g/mol.